The SMILES string of the molecule is C=CCN1CCC23c4c5ccc(OC)c4OC2C(=O)CCC3(O)C1C5. The largest absolute Gasteiger partial charge is 0.493 e. The van der Waals surface area contributed by atoms with E-state index in [4.69, 9.17) is 9.47 Å². The zero-order valence-corrected chi connectivity index (χ0v) is 14.5. The third-order valence-electron chi connectivity index (χ3n) is 6.94. The molecule has 5 heteroatoms. The lowest BCUT2D eigenvalue weighted by Crippen LogP contribution is -2.76. The van der Waals surface area contributed by atoms with Crippen molar-refractivity contribution in [1.29, 1.82) is 0 Å². The van der Waals surface area contributed by atoms with Crippen LogP contribution in [0.3, 0.4) is 0 Å². The number of aliphatic hydroxyl groups is 1. The minimum absolute atomic E-state index is 0.00899. The molecule has 25 heavy (non-hydrogen) atoms. The van der Waals surface area contributed by atoms with Gasteiger partial charge in [0.05, 0.1) is 18.1 Å². The van der Waals surface area contributed by atoms with Crippen molar-refractivity contribution >= 4 is 5.78 Å². The van der Waals surface area contributed by atoms with Crippen molar-refractivity contribution in [2.24, 2.45) is 0 Å². The highest BCUT2D eigenvalue weighted by Gasteiger charge is 2.73. The molecule has 0 amide bonds. The standard InChI is InChI=1S/C20H23NO4/c1-3-9-21-10-8-19-16-12-4-5-14(24-2)17(16)25-18(19)13(22)6-7-20(19,23)15(21)11-12/h3-5,15,18,23H,1,6-11H2,2H3. The van der Waals surface area contributed by atoms with E-state index in [-0.39, 0.29) is 11.8 Å². The predicted molar refractivity (Wildman–Crippen MR) is 92.2 cm³/mol. The molecule has 1 aromatic carbocycles. The number of likely N-dealkylation sites (tertiary alicyclic amines) is 1. The first-order valence-corrected chi connectivity index (χ1v) is 9.04. The van der Waals surface area contributed by atoms with Gasteiger partial charge < -0.3 is 14.6 Å². The van der Waals surface area contributed by atoms with E-state index < -0.39 is 17.1 Å². The number of Topliss-reactive ketones (excluding diaryl/α,β-unsaturated/α-hetero) is 1. The van der Waals surface area contributed by atoms with Gasteiger partial charge in [0.2, 0.25) is 0 Å². The number of carbonyl (C=O) groups excluding carboxylic acids is 1. The van der Waals surface area contributed by atoms with Crippen LogP contribution in [-0.4, -0.2) is 53.7 Å². The van der Waals surface area contributed by atoms with Crippen LogP contribution in [0.15, 0.2) is 24.8 Å². The van der Waals surface area contributed by atoms with Crippen molar-refractivity contribution < 1.29 is 19.4 Å². The van der Waals surface area contributed by atoms with E-state index >= 15 is 0 Å². The summed E-state index contributed by atoms with van der Waals surface area (Å²) >= 11 is 0. The van der Waals surface area contributed by atoms with E-state index in [1.807, 2.05) is 12.1 Å². The predicted octanol–water partition coefficient (Wildman–Crippen LogP) is 1.60. The number of nitrogens with zero attached hydrogens (tertiary/aromatic N) is 1. The monoisotopic (exact) mass is 341 g/mol. The second-order valence-corrected chi connectivity index (χ2v) is 7.74. The third kappa shape index (κ3) is 1.59. The highest BCUT2D eigenvalue weighted by molar-refractivity contribution is 5.90. The summed E-state index contributed by atoms with van der Waals surface area (Å²) in [4.78, 5) is 15.1. The maximum absolute atomic E-state index is 12.8. The van der Waals surface area contributed by atoms with Gasteiger partial charge in [0, 0.05) is 31.1 Å². The summed E-state index contributed by atoms with van der Waals surface area (Å²) in [6, 6.07) is 3.99. The summed E-state index contributed by atoms with van der Waals surface area (Å²) in [7, 11) is 1.62. The average Bonchev–Trinajstić information content (AvgIpc) is 2.96. The fraction of sp³-hybridized carbons (Fsp3) is 0.550. The minimum Gasteiger partial charge on any atom is -0.493 e. The molecular formula is C20H23NO4. The normalized spacial score (nSPS) is 38.1. The van der Waals surface area contributed by atoms with Crippen LogP contribution in [0, 0.1) is 0 Å². The van der Waals surface area contributed by atoms with Crippen molar-refractivity contribution in [2.75, 3.05) is 20.2 Å². The summed E-state index contributed by atoms with van der Waals surface area (Å²) in [5.74, 6) is 1.44. The first-order chi connectivity index (χ1) is 12.1. The molecule has 1 saturated heterocycles. The summed E-state index contributed by atoms with van der Waals surface area (Å²) in [6.45, 7) is 5.46. The van der Waals surface area contributed by atoms with Crippen molar-refractivity contribution in [2.45, 2.75) is 48.8 Å². The van der Waals surface area contributed by atoms with Gasteiger partial charge in [0.15, 0.2) is 23.4 Å². The maximum atomic E-state index is 12.8. The Hall–Kier alpha value is -1.85. The molecule has 1 N–H and O–H groups in total. The van der Waals surface area contributed by atoms with Gasteiger partial charge in [-0.15, -0.1) is 6.58 Å². The Morgan fingerprint density at radius 3 is 3.08 bits per heavy atom. The molecule has 0 aromatic heterocycles. The molecule has 5 rings (SSSR count). The average molecular weight is 341 g/mol. The van der Waals surface area contributed by atoms with E-state index in [2.05, 4.69) is 17.5 Å². The molecule has 1 aromatic rings. The zero-order chi connectivity index (χ0) is 17.4. The lowest BCUT2D eigenvalue weighted by molar-refractivity contribution is -0.187. The quantitative estimate of drug-likeness (QED) is 0.847. The molecule has 4 atom stereocenters. The fourth-order valence-corrected chi connectivity index (χ4v) is 5.95. The Labute approximate surface area is 147 Å². The molecule has 132 valence electrons. The molecule has 4 aliphatic rings. The van der Waals surface area contributed by atoms with Crippen LogP contribution in [0.4, 0.5) is 0 Å². The highest BCUT2D eigenvalue weighted by atomic mass is 16.5. The van der Waals surface area contributed by atoms with E-state index in [1.165, 1.54) is 5.56 Å². The van der Waals surface area contributed by atoms with Gasteiger partial charge in [-0.3, -0.25) is 9.69 Å². The van der Waals surface area contributed by atoms with Gasteiger partial charge in [0.1, 0.15) is 0 Å². The molecule has 2 aliphatic carbocycles. The van der Waals surface area contributed by atoms with Crippen molar-refractivity contribution in [1.82, 2.24) is 4.90 Å². The van der Waals surface area contributed by atoms with Gasteiger partial charge >= 0.3 is 0 Å². The third-order valence-corrected chi connectivity index (χ3v) is 6.94. The van der Waals surface area contributed by atoms with Crippen molar-refractivity contribution in [3.63, 3.8) is 0 Å². The molecule has 2 bridgehead atoms. The van der Waals surface area contributed by atoms with Crippen LogP contribution in [0.2, 0.25) is 0 Å². The number of ketones is 1. The van der Waals surface area contributed by atoms with Crippen LogP contribution in [0.25, 0.3) is 0 Å². The van der Waals surface area contributed by atoms with Crippen LogP contribution in [0.5, 0.6) is 11.5 Å². The van der Waals surface area contributed by atoms with E-state index in [1.54, 1.807) is 7.11 Å². The summed E-state index contributed by atoms with van der Waals surface area (Å²) < 4.78 is 11.7. The van der Waals surface area contributed by atoms with Crippen LogP contribution in [-0.2, 0) is 16.6 Å². The number of ether oxygens (including phenoxy) is 2. The van der Waals surface area contributed by atoms with Gasteiger partial charge in [-0.25, -0.2) is 0 Å². The Kier molecular flexibility index (Phi) is 3.00. The van der Waals surface area contributed by atoms with E-state index in [0.717, 1.165) is 31.5 Å². The summed E-state index contributed by atoms with van der Waals surface area (Å²) in [6.07, 6.45) is 3.66. The molecule has 0 radical (unpaired) electrons. The first kappa shape index (κ1) is 15.4. The highest BCUT2D eigenvalue weighted by Crippen LogP contribution is 2.64. The number of piperidine rings is 1. The van der Waals surface area contributed by atoms with Crippen molar-refractivity contribution in [3.8, 4) is 11.5 Å². The van der Waals surface area contributed by atoms with E-state index in [9.17, 15) is 9.90 Å². The molecule has 2 aliphatic heterocycles. The van der Waals surface area contributed by atoms with Crippen molar-refractivity contribution in [3.05, 3.63) is 35.9 Å². The Morgan fingerprint density at radius 1 is 1.48 bits per heavy atom. The van der Waals surface area contributed by atoms with Gasteiger partial charge in [-0.2, -0.15) is 0 Å². The maximum Gasteiger partial charge on any atom is 0.174 e. The second-order valence-electron chi connectivity index (χ2n) is 7.74. The molecule has 4 unspecified atom stereocenters. The Bertz CT molecular complexity index is 790. The number of benzene rings is 1. The van der Waals surface area contributed by atoms with Gasteiger partial charge in [-0.1, -0.05) is 12.1 Å². The molecule has 5 nitrogen and oxygen atoms in total. The molecular weight excluding hydrogens is 318 g/mol. The molecule has 1 saturated carbocycles. The Balaban J connectivity index is 1.79. The zero-order valence-electron chi connectivity index (χ0n) is 14.5. The Morgan fingerprint density at radius 2 is 2.32 bits per heavy atom. The van der Waals surface area contributed by atoms with Crippen LogP contribution >= 0.6 is 0 Å². The lowest BCUT2D eigenvalue weighted by atomic mass is 9.49. The molecule has 2 fully saturated rings. The van der Waals surface area contributed by atoms with Gasteiger partial charge in [0.25, 0.3) is 0 Å². The number of rotatable bonds is 3. The minimum atomic E-state index is -0.947. The molecule has 2 heterocycles. The van der Waals surface area contributed by atoms with Gasteiger partial charge in [-0.05, 0) is 30.9 Å². The number of hydrogen-bond donors (Lipinski definition) is 1. The lowest BCUT2D eigenvalue weighted by Gasteiger charge is -2.62. The van der Waals surface area contributed by atoms with E-state index in [0.29, 0.717) is 24.3 Å². The molecule has 1 spiro atoms. The fourth-order valence-electron chi connectivity index (χ4n) is 5.95. The van der Waals surface area contributed by atoms with Crippen LogP contribution in [0.1, 0.15) is 30.4 Å². The smallest absolute Gasteiger partial charge is 0.174 e. The summed E-state index contributed by atoms with van der Waals surface area (Å²) in [5, 5.41) is 11.9. The van der Waals surface area contributed by atoms with Crippen LogP contribution < -0.4 is 9.47 Å². The first-order valence-electron chi connectivity index (χ1n) is 9.04. The number of hydrogen-bond acceptors (Lipinski definition) is 5. The number of methoxy groups -OCH3 is 1. The second kappa shape index (κ2) is 4.86. The number of carbonyl (C=O) groups is 1. The summed E-state index contributed by atoms with van der Waals surface area (Å²) in [5.41, 5.74) is 0.623. The topological polar surface area (TPSA) is 59.0 Å².